The summed E-state index contributed by atoms with van der Waals surface area (Å²) in [5.41, 5.74) is 3.37. The number of hydrogen-bond donors (Lipinski definition) is 0. The third-order valence-corrected chi connectivity index (χ3v) is 6.68. The summed E-state index contributed by atoms with van der Waals surface area (Å²) >= 11 is 9.36. The molecule has 124 valence electrons. The summed E-state index contributed by atoms with van der Waals surface area (Å²) in [4.78, 5) is 19.4. The van der Waals surface area contributed by atoms with Gasteiger partial charge in [0.25, 0.3) is 5.56 Å². The number of aryl methyl sites for hydroxylation is 2. The minimum atomic E-state index is 0.0708. The van der Waals surface area contributed by atoms with Crippen molar-refractivity contribution in [2.45, 2.75) is 37.2 Å². The van der Waals surface area contributed by atoms with Gasteiger partial charge in [0.2, 0.25) is 0 Å². The topological polar surface area (TPSA) is 34.4 Å². The van der Waals surface area contributed by atoms with Crippen molar-refractivity contribution in [3.63, 3.8) is 0 Å². The molecule has 0 spiro atoms. The minimum Gasteiger partial charge on any atom is -0.269 e. The van der Waals surface area contributed by atoms with Gasteiger partial charge in [-0.3, -0.25) is 9.20 Å². The molecule has 3 nitrogen and oxygen atoms in total. The molecule has 0 radical (unpaired) electrons. The van der Waals surface area contributed by atoms with Crippen molar-refractivity contribution >= 4 is 39.7 Å². The smallest absolute Gasteiger partial charge is 0.259 e. The molecule has 0 amide bonds. The maximum absolute atomic E-state index is 12.5. The van der Waals surface area contributed by atoms with Crippen LogP contribution in [0.2, 0.25) is 5.02 Å². The Labute approximate surface area is 153 Å². The summed E-state index contributed by atoms with van der Waals surface area (Å²) in [6.45, 7) is 0. The highest BCUT2D eigenvalue weighted by Gasteiger charge is 2.18. The Morgan fingerprint density at radius 1 is 1.17 bits per heavy atom. The highest BCUT2D eigenvalue weighted by molar-refractivity contribution is 7.97. The quantitative estimate of drug-likeness (QED) is 0.660. The fourth-order valence-corrected chi connectivity index (χ4v) is 5.32. The highest BCUT2D eigenvalue weighted by Crippen LogP contribution is 2.28. The van der Waals surface area contributed by atoms with Crippen LogP contribution in [0.1, 0.15) is 34.7 Å². The van der Waals surface area contributed by atoms with Gasteiger partial charge in [-0.05, 0) is 43.4 Å². The van der Waals surface area contributed by atoms with Crippen LogP contribution in [-0.2, 0) is 24.3 Å². The lowest BCUT2D eigenvalue weighted by Gasteiger charge is -2.10. The van der Waals surface area contributed by atoms with Crippen molar-refractivity contribution in [1.82, 2.24) is 9.38 Å². The van der Waals surface area contributed by atoms with Crippen molar-refractivity contribution in [1.29, 1.82) is 0 Å². The maximum atomic E-state index is 12.5. The van der Waals surface area contributed by atoms with E-state index >= 15 is 0 Å². The molecule has 1 aromatic carbocycles. The summed E-state index contributed by atoms with van der Waals surface area (Å²) in [6.07, 6.45) is 4.48. The Morgan fingerprint density at radius 2 is 1.96 bits per heavy atom. The fraction of sp³-hybridized carbons (Fsp3) is 0.333. The number of rotatable bonds is 4. The van der Waals surface area contributed by atoms with Crippen LogP contribution in [0.15, 0.2) is 35.1 Å². The predicted molar refractivity (Wildman–Crippen MR) is 102 cm³/mol. The summed E-state index contributed by atoms with van der Waals surface area (Å²) in [5.74, 6) is 1.64. The van der Waals surface area contributed by atoms with Crippen molar-refractivity contribution in [3.05, 3.63) is 67.5 Å². The molecule has 0 aliphatic heterocycles. The zero-order chi connectivity index (χ0) is 16.5. The summed E-state index contributed by atoms with van der Waals surface area (Å²) in [5, 5.41) is 0.755. The van der Waals surface area contributed by atoms with Gasteiger partial charge in [-0.15, -0.1) is 11.3 Å². The molecule has 0 bridgehead atoms. The molecule has 0 saturated carbocycles. The first-order valence-corrected chi connectivity index (χ1v) is 10.4. The first-order valence-electron chi connectivity index (χ1n) is 8.06. The molecular weight excluding hydrogens is 360 g/mol. The summed E-state index contributed by atoms with van der Waals surface area (Å²) < 4.78 is 1.83. The van der Waals surface area contributed by atoms with Gasteiger partial charge in [0, 0.05) is 33.2 Å². The zero-order valence-corrected chi connectivity index (χ0v) is 15.5. The molecular formula is C18H17ClN2OS2. The predicted octanol–water partition coefficient (Wildman–Crippen LogP) is 4.72. The van der Waals surface area contributed by atoms with Gasteiger partial charge in [-0.2, -0.15) is 11.8 Å². The van der Waals surface area contributed by atoms with Gasteiger partial charge in [-0.1, -0.05) is 23.7 Å². The lowest BCUT2D eigenvalue weighted by Crippen LogP contribution is -2.17. The van der Waals surface area contributed by atoms with Crippen LogP contribution in [0.25, 0.3) is 4.96 Å². The lowest BCUT2D eigenvalue weighted by atomic mass is 10.0. The van der Waals surface area contributed by atoms with E-state index in [1.165, 1.54) is 29.0 Å². The molecule has 1 aliphatic rings. The Hall–Kier alpha value is -1.30. The largest absolute Gasteiger partial charge is 0.269 e. The molecule has 1 aliphatic carbocycles. The van der Waals surface area contributed by atoms with E-state index in [0.717, 1.165) is 40.0 Å². The second-order valence-electron chi connectivity index (χ2n) is 6.00. The first-order chi connectivity index (χ1) is 11.7. The fourth-order valence-electron chi connectivity index (χ4n) is 3.07. The molecule has 0 fully saturated rings. The van der Waals surface area contributed by atoms with Crippen LogP contribution in [0.3, 0.4) is 0 Å². The number of halogens is 1. The molecule has 2 heterocycles. The van der Waals surface area contributed by atoms with Gasteiger partial charge in [-0.25, -0.2) is 4.98 Å². The van der Waals surface area contributed by atoms with E-state index in [4.69, 9.17) is 16.6 Å². The molecule has 6 heteroatoms. The molecule has 0 saturated heterocycles. The first kappa shape index (κ1) is 16.2. The molecule has 2 aromatic heterocycles. The van der Waals surface area contributed by atoms with Crippen molar-refractivity contribution in [2.75, 3.05) is 0 Å². The molecule has 0 unspecified atom stereocenters. The van der Waals surface area contributed by atoms with Gasteiger partial charge < -0.3 is 0 Å². The van der Waals surface area contributed by atoms with Gasteiger partial charge >= 0.3 is 0 Å². The Morgan fingerprint density at radius 3 is 2.79 bits per heavy atom. The van der Waals surface area contributed by atoms with Crippen molar-refractivity contribution in [2.24, 2.45) is 0 Å². The van der Waals surface area contributed by atoms with E-state index in [-0.39, 0.29) is 5.56 Å². The number of thioether (sulfide) groups is 1. The number of benzene rings is 1. The Kier molecular flexibility index (Phi) is 4.66. The van der Waals surface area contributed by atoms with Crippen LogP contribution in [0.4, 0.5) is 0 Å². The third-order valence-electron chi connectivity index (χ3n) is 4.25. The standard InChI is InChI=1S/C18H17ClN2OS2/c19-13-7-5-12(6-8-13)10-23-11-14-9-17(22)21-15-3-1-2-4-16(15)24-18(21)20-14/h5-9H,1-4,10-11H2. The Balaban J connectivity index is 1.52. The number of fused-ring (bicyclic) bond motifs is 3. The number of hydrogen-bond acceptors (Lipinski definition) is 4. The molecule has 3 aromatic rings. The maximum Gasteiger partial charge on any atom is 0.259 e. The number of aromatic nitrogens is 2. The monoisotopic (exact) mass is 376 g/mol. The van der Waals surface area contributed by atoms with Gasteiger partial charge in [0.1, 0.15) is 0 Å². The summed E-state index contributed by atoms with van der Waals surface area (Å²) in [7, 11) is 0. The van der Waals surface area contributed by atoms with Crippen LogP contribution < -0.4 is 5.56 Å². The average Bonchev–Trinajstić information content (AvgIpc) is 2.95. The van der Waals surface area contributed by atoms with E-state index in [9.17, 15) is 4.79 Å². The van der Waals surface area contributed by atoms with Crippen molar-refractivity contribution in [3.8, 4) is 0 Å². The normalized spacial score (nSPS) is 14.0. The number of nitrogens with zero attached hydrogens (tertiary/aromatic N) is 2. The lowest BCUT2D eigenvalue weighted by molar-refractivity contribution is 0.670. The van der Waals surface area contributed by atoms with Crippen LogP contribution >= 0.6 is 34.7 Å². The second kappa shape index (κ2) is 6.90. The average molecular weight is 377 g/mol. The van der Waals surface area contributed by atoms with E-state index in [2.05, 4.69) is 0 Å². The SMILES string of the molecule is O=c1cc(CSCc2ccc(Cl)cc2)nc2sc3c(n12)CCCC3. The molecule has 0 atom stereocenters. The second-order valence-corrected chi connectivity index (χ2v) is 8.49. The van der Waals surface area contributed by atoms with Gasteiger partial charge in [0.15, 0.2) is 4.96 Å². The number of thiazole rings is 1. The molecule has 24 heavy (non-hydrogen) atoms. The Bertz CT molecular complexity index is 931. The highest BCUT2D eigenvalue weighted by atomic mass is 35.5. The van der Waals surface area contributed by atoms with Crippen LogP contribution in [0, 0.1) is 0 Å². The molecule has 4 rings (SSSR count). The van der Waals surface area contributed by atoms with Crippen LogP contribution in [-0.4, -0.2) is 9.38 Å². The van der Waals surface area contributed by atoms with E-state index in [1.54, 1.807) is 29.2 Å². The van der Waals surface area contributed by atoms with E-state index in [1.807, 2.05) is 28.7 Å². The zero-order valence-electron chi connectivity index (χ0n) is 13.1. The van der Waals surface area contributed by atoms with Gasteiger partial charge in [0.05, 0.1) is 5.69 Å². The van der Waals surface area contributed by atoms with Crippen LogP contribution in [0.5, 0.6) is 0 Å². The van der Waals surface area contributed by atoms with Crippen molar-refractivity contribution < 1.29 is 0 Å². The summed E-state index contributed by atoms with van der Waals surface area (Å²) in [6, 6.07) is 9.58. The molecule has 0 N–H and O–H groups in total. The van der Waals surface area contributed by atoms with E-state index in [0.29, 0.717) is 0 Å². The third kappa shape index (κ3) is 3.25. The van der Waals surface area contributed by atoms with E-state index < -0.39 is 0 Å². The minimum absolute atomic E-state index is 0.0708.